The van der Waals surface area contributed by atoms with Gasteiger partial charge in [-0.05, 0) is 18.2 Å². The lowest BCUT2D eigenvalue weighted by molar-refractivity contribution is -0.658. The Hall–Kier alpha value is -2.36. The molecule has 0 aliphatic heterocycles. The van der Waals surface area contributed by atoms with Crippen molar-refractivity contribution in [1.82, 2.24) is 0 Å². The zero-order valence-corrected chi connectivity index (χ0v) is 11.8. The molecule has 2 rings (SSSR count). The quantitative estimate of drug-likeness (QED) is 0.617. The summed E-state index contributed by atoms with van der Waals surface area (Å²) in [4.78, 5) is 13.5. The number of anilines is 2. The number of hydrogen-bond donors (Lipinski definition) is 0. The molecule has 0 spiro atoms. The van der Waals surface area contributed by atoms with Crippen molar-refractivity contribution >= 4 is 17.5 Å². The molecule has 1 heterocycles. The standard InChI is InChI=1S/C16H19N2O2/c1-17-12-7-6-10-15(17)18(13-11-16(19)20-2)14-8-4-3-5-9-14/h3-10,12H,11,13H2,1-2H3/q+1. The highest BCUT2D eigenvalue weighted by Gasteiger charge is 2.21. The molecule has 0 saturated carbocycles. The van der Waals surface area contributed by atoms with Crippen molar-refractivity contribution in [3.63, 3.8) is 0 Å². The summed E-state index contributed by atoms with van der Waals surface area (Å²) in [6, 6.07) is 16.0. The summed E-state index contributed by atoms with van der Waals surface area (Å²) in [5.74, 6) is 0.826. The topological polar surface area (TPSA) is 33.4 Å². The van der Waals surface area contributed by atoms with Gasteiger partial charge < -0.3 is 4.74 Å². The zero-order valence-electron chi connectivity index (χ0n) is 11.8. The zero-order chi connectivity index (χ0) is 14.4. The maximum absolute atomic E-state index is 11.4. The third-order valence-corrected chi connectivity index (χ3v) is 3.14. The Balaban J connectivity index is 2.30. The van der Waals surface area contributed by atoms with Crippen LogP contribution in [0.4, 0.5) is 11.5 Å². The van der Waals surface area contributed by atoms with Crippen LogP contribution in [0.5, 0.6) is 0 Å². The second kappa shape index (κ2) is 6.70. The highest BCUT2D eigenvalue weighted by molar-refractivity contribution is 5.71. The molecule has 0 radical (unpaired) electrons. The lowest BCUT2D eigenvalue weighted by atomic mass is 10.2. The predicted octanol–water partition coefficient (Wildman–Crippen LogP) is 2.21. The van der Waals surface area contributed by atoms with Crippen LogP contribution in [-0.2, 0) is 16.6 Å². The van der Waals surface area contributed by atoms with Gasteiger partial charge in [0.15, 0.2) is 0 Å². The molecular weight excluding hydrogens is 252 g/mol. The van der Waals surface area contributed by atoms with Gasteiger partial charge in [-0.3, -0.25) is 4.79 Å². The van der Waals surface area contributed by atoms with Crippen molar-refractivity contribution < 1.29 is 14.1 Å². The molecule has 0 fully saturated rings. The van der Waals surface area contributed by atoms with Crippen LogP contribution in [0, 0.1) is 0 Å². The van der Waals surface area contributed by atoms with E-state index in [2.05, 4.69) is 4.90 Å². The number of aryl methyl sites for hydroxylation is 1. The first-order valence-corrected chi connectivity index (χ1v) is 6.56. The molecule has 0 N–H and O–H groups in total. The number of esters is 1. The van der Waals surface area contributed by atoms with E-state index in [0.29, 0.717) is 13.0 Å². The van der Waals surface area contributed by atoms with Gasteiger partial charge >= 0.3 is 5.97 Å². The Labute approximate surface area is 119 Å². The van der Waals surface area contributed by atoms with Gasteiger partial charge in [0, 0.05) is 6.07 Å². The molecule has 0 bridgehead atoms. The van der Waals surface area contributed by atoms with Gasteiger partial charge in [0.1, 0.15) is 12.2 Å². The van der Waals surface area contributed by atoms with Crippen LogP contribution in [0.15, 0.2) is 54.7 Å². The number of benzene rings is 1. The van der Waals surface area contributed by atoms with Crippen LogP contribution in [0.2, 0.25) is 0 Å². The van der Waals surface area contributed by atoms with Crippen LogP contribution in [0.3, 0.4) is 0 Å². The maximum atomic E-state index is 11.4. The summed E-state index contributed by atoms with van der Waals surface area (Å²) in [6.07, 6.45) is 2.34. The third kappa shape index (κ3) is 3.35. The first kappa shape index (κ1) is 14.1. The van der Waals surface area contributed by atoms with E-state index in [1.807, 2.05) is 66.3 Å². The minimum absolute atomic E-state index is 0.204. The van der Waals surface area contributed by atoms with E-state index >= 15 is 0 Å². The number of para-hydroxylation sites is 1. The fraction of sp³-hybridized carbons (Fsp3) is 0.250. The molecule has 104 valence electrons. The van der Waals surface area contributed by atoms with Gasteiger partial charge in [-0.25, -0.2) is 9.47 Å². The van der Waals surface area contributed by atoms with E-state index in [1.165, 1.54) is 7.11 Å². The van der Waals surface area contributed by atoms with Crippen LogP contribution in [0.25, 0.3) is 0 Å². The monoisotopic (exact) mass is 271 g/mol. The highest BCUT2D eigenvalue weighted by Crippen LogP contribution is 2.22. The van der Waals surface area contributed by atoms with Crippen molar-refractivity contribution in [3.05, 3.63) is 54.7 Å². The van der Waals surface area contributed by atoms with Crippen LogP contribution in [-0.4, -0.2) is 19.6 Å². The molecule has 0 unspecified atom stereocenters. The second-order valence-corrected chi connectivity index (χ2v) is 4.48. The number of aromatic nitrogens is 1. The summed E-state index contributed by atoms with van der Waals surface area (Å²) < 4.78 is 6.76. The number of methoxy groups -OCH3 is 1. The average Bonchev–Trinajstić information content (AvgIpc) is 2.50. The third-order valence-electron chi connectivity index (χ3n) is 3.14. The smallest absolute Gasteiger partial charge is 0.309 e. The van der Waals surface area contributed by atoms with Gasteiger partial charge in [-0.2, -0.15) is 0 Å². The Morgan fingerprint density at radius 2 is 1.85 bits per heavy atom. The molecule has 0 aliphatic carbocycles. The van der Waals surface area contributed by atoms with E-state index < -0.39 is 0 Å². The number of hydrogen-bond acceptors (Lipinski definition) is 3. The molecule has 20 heavy (non-hydrogen) atoms. The van der Waals surface area contributed by atoms with Crippen molar-refractivity contribution in [2.75, 3.05) is 18.6 Å². The Morgan fingerprint density at radius 1 is 1.15 bits per heavy atom. The Kier molecular flexibility index (Phi) is 4.71. The molecule has 0 aliphatic rings. The van der Waals surface area contributed by atoms with Gasteiger partial charge in [0.25, 0.3) is 5.82 Å². The average molecular weight is 271 g/mol. The van der Waals surface area contributed by atoms with E-state index in [9.17, 15) is 4.79 Å². The summed E-state index contributed by atoms with van der Waals surface area (Å²) in [5.41, 5.74) is 1.05. The lowest BCUT2D eigenvalue weighted by Crippen LogP contribution is -2.37. The molecule has 0 atom stereocenters. The fourth-order valence-corrected chi connectivity index (χ4v) is 2.08. The largest absolute Gasteiger partial charge is 0.469 e. The number of carbonyl (C=O) groups is 1. The summed E-state index contributed by atoms with van der Waals surface area (Å²) in [7, 11) is 3.40. The van der Waals surface area contributed by atoms with E-state index in [-0.39, 0.29) is 5.97 Å². The highest BCUT2D eigenvalue weighted by atomic mass is 16.5. The number of carbonyl (C=O) groups excluding carboxylic acids is 1. The van der Waals surface area contributed by atoms with E-state index in [1.54, 1.807) is 0 Å². The predicted molar refractivity (Wildman–Crippen MR) is 77.7 cm³/mol. The summed E-state index contributed by atoms with van der Waals surface area (Å²) in [5, 5.41) is 0. The first-order chi connectivity index (χ1) is 9.72. The van der Waals surface area contributed by atoms with Crippen molar-refractivity contribution in [1.29, 1.82) is 0 Å². The number of ether oxygens (including phenoxy) is 1. The normalized spacial score (nSPS) is 10.1. The molecule has 0 saturated heterocycles. The molecule has 1 aromatic heterocycles. The SMILES string of the molecule is COC(=O)CCN(c1ccccc1)c1cccc[n+]1C. The molecule has 2 aromatic rings. The summed E-state index contributed by atoms with van der Waals surface area (Å²) >= 11 is 0. The second-order valence-electron chi connectivity index (χ2n) is 4.48. The molecular formula is C16H19N2O2+. The van der Waals surface area contributed by atoms with Crippen LogP contribution < -0.4 is 9.47 Å². The van der Waals surface area contributed by atoms with Gasteiger partial charge in [-0.15, -0.1) is 0 Å². The molecule has 4 nitrogen and oxygen atoms in total. The summed E-state index contributed by atoms with van der Waals surface area (Å²) in [6.45, 7) is 0.578. The molecule has 4 heteroatoms. The fourth-order valence-electron chi connectivity index (χ4n) is 2.08. The lowest BCUT2D eigenvalue weighted by Gasteiger charge is -2.17. The minimum atomic E-state index is -0.204. The van der Waals surface area contributed by atoms with Gasteiger partial charge in [0.2, 0.25) is 0 Å². The van der Waals surface area contributed by atoms with Crippen molar-refractivity contribution in [2.24, 2.45) is 7.05 Å². The first-order valence-electron chi connectivity index (χ1n) is 6.56. The van der Waals surface area contributed by atoms with Gasteiger partial charge in [0.05, 0.1) is 26.8 Å². The van der Waals surface area contributed by atoms with E-state index in [4.69, 9.17) is 4.74 Å². The van der Waals surface area contributed by atoms with Crippen molar-refractivity contribution in [3.8, 4) is 0 Å². The van der Waals surface area contributed by atoms with Gasteiger partial charge in [-0.1, -0.05) is 24.3 Å². The van der Waals surface area contributed by atoms with E-state index in [0.717, 1.165) is 11.5 Å². The number of rotatable bonds is 5. The number of pyridine rings is 1. The van der Waals surface area contributed by atoms with Crippen LogP contribution >= 0.6 is 0 Å². The van der Waals surface area contributed by atoms with Crippen LogP contribution in [0.1, 0.15) is 6.42 Å². The van der Waals surface area contributed by atoms with Crippen molar-refractivity contribution in [2.45, 2.75) is 6.42 Å². The number of nitrogens with zero attached hydrogens (tertiary/aromatic N) is 2. The minimum Gasteiger partial charge on any atom is -0.469 e. The molecule has 0 amide bonds. The Morgan fingerprint density at radius 3 is 2.50 bits per heavy atom. The Bertz CT molecular complexity index is 570. The molecule has 1 aromatic carbocycles. The maximum Gasteiger partial charge on any atom is 0.309 e.